The molecule has 0 atom stereocenters. The predicted molar refractivity (Wildman–Crippen MR) is 294 cm³/mol. The van der Waals surface area contributed by atoms with Crippen molar-refractivity contribution >= 4 is 63.7 Å². The molecule has 0 amide bonds. The smallest absolute Gasteiger partial charge is 0.0666 e. The molecule has 7 heteroatoms. The monoisotopic (exact) mass is 1190 g/mol. The van der Waals surface area contributed by atoms with E-state index in [0.717, 1.165) is 27.6 Å². The topological polar surface area (TPSA) is 35.9 Å². The van der Waals surface area contributed by atoms with E-state index >= 15 is 0 Å². The van der Waals surface area contributed by atoms with Crippen molar-refractivity contribution in [1.82, 2.24) is 14.1 Å². The van der Waals surface area contributed by atoms with E-state index in [-0.39, 0.29) is 49.0 Å². The molecule has 350 valence electrons. The van der Waals surface area contributed by atoms with Crippen molar-refractivity contribution in [3.05, 3.63) is 285 Å². The summed E-state index contributed by atoms with van der Waals surface area (Å²) >= 11 is -3.71. The van der Waals surface area contributed by atoms with Gasteiger partial charge >= 0.3 is 271 Å². The van der Waals surface area contributed by atoms with Crippen molar-refractivity contribution in [3.8, 4) is 50.9 Å². The maximum absolute atomic E-state index is 9.07. The van der Waals surface area contributed by atoms with Crippen LogP contribution in [0.15, 0.2) is 267 Å². The van der Waals surface area contributed by atoms with Gasteiger partial charge in [-0.3, -0.25) is 4.57 Å². The number of aromatic nitrogens is 4. The van der Waals surface area contributed by atoms with Gasteiger partial charge in [0.15, 0.2) is 0 Å². The molecule has 0 unspecified atom stereocenters. The molecule has 0 saturated heterocycles. The summed E-state index contributed by atoms with van der Waals surface area (Å²) in [6.45, 7) is 0. The number of rotatable bonds is 11. The minimum atomic E-state index is -3.71. The second kappa shape index (κ2) is 19.7. The molecule has 73 heavy (non-hydrogen) atoms. The minimum absolute atomic E-state index is 0. The summed E-state index contributed by atoms with van der Waals surface area (Å²) in [7, 11) is 0. The molecule has 0 aliphatic heterocycles. The first kappa shape index (κ1) is 35.7. The number of para-hydroxylation sites is 4. The molecule has 0 aliphatic rings. The molecule has 3 aromatic heterocycles. The molecule has 0 aliphatic carbocycles. The maximum atomic E-state index is 9.07. The van der Waals surface area contributed by atoms with Crippen LogP contribution in [0.3, 0.4) is 0 Å². The molecule has 13 aromatic rings. The van der Waals surface area contributed by atoms with Gasteiger partial charge in [0, 0.05) is 21.1 Å². The molecular formula is C66H44GeN4OPt-2. The van der Waals surface area contributed by atoms with Crippen LogP contribution in [-0.2, 0) is 21.1 Å². The summed E-state index contributed by atoms with van der Waals surface area (Å²) < 4.78 is 105. The van der Waals surface area contributed by atoms with E-state index in [9.17, 15) is 0 Å². The zero-order valence-corrected chi connectivity index (χ0v) is 43.0. The fraction of sp³-hybridized carbons (Fsp3) is 0. The average molecular weight is 1190 g/mol. The van der Waals surface area contributed by atoms with Gasteiger partial charge in [0.25, 0.3) is 6.33 Å². The van der Waals surface area contributed by atoms with E-state index in [1.807, 2.05) is 66.9 Å². The molecule has 5 nitrogen and oxygen atoms in total. The van der Waals surface area contributed by atoms with Gasteiger partial charge in [-0.05, 0) is 22.3 Å². The Balaban J connectivity index is 0.00000680. The van der Waals surface area contributed by atoms with Crippen LogP contribution in [0.4, 0.5) is 0 Å². The quantitative estimate of drug-likeness (QED) is 0.0735. The van der Waals surface area contributed by atoms with Crippen molar-refractivity contribution in [3.63, 3.8) is 0 Å². The van der Waals surface area contributed by atoms with Crippen molar-refractivity contribution in [2.75, 3.05) is 0 Å². The van der Waals surface area contributed by atoms with Gasteiger partial charge in [0.2, 0.25) is 0 Å². The third kappa shape index (κ3) is 8.12. The fourth-order valence-corrected chi connectivity index (χ4v) is 20.1. The number of ether oxygens (including phenoxy) is 1. The first-order valence-corrected chi connectivity index (χ1v) is 27.6. The van der Waals surface area contributed by atoms with E-state index in [1.165, 1.54) is 17.6 Å². The SMILES string of the molecule is [2H]c1c([2H])c([2H])c(-c2cccc(-c3c([2H])c([2H])c([2H])c([2H])c3[2H])c2-[n+]2[c-]n(-c3[c-]c(Oc4[c-]c5c(cc4)c4ccccc4n5-c4c[c]([Ge]([c]5ccccc5)([c]5ccccc5)[c]5ccccc5)ccn4)ccc3)c3ccccc32)c([2H])c1[2H].[Pt]. The Bertz CT molecular complexity index is 4460. The minimum Gasteiger partial charge on any atom is -0.0666 e. The van der Waals surface area contributed by atoms with E-state index in [2.05, 4.69) is 138 Å². The van der Waals surface area contributed by atoms with Crippen LogP contribution in [0, 0.1) is 18.5 Å². The zero-order chi connectivity index (χ0) is 56.6. The molecule has 13 rings (SSSR count). The van der Waals surface area contributed by atoms with Crippen LogP contribution < -0.4 is 26.9 Å². The number of fused-ring (bicyclic) bond motifs is 4. The van der Waals surface area contributed by atoms with Gasteiger partial charge in [-0.25, -0.2) is 0 Å². The van der Waals surface area contributed by atoms with Crippen molar-refractivity contribution < 1.29 is 44.1 Å². The van der Waals surface area contributed by atoms with Crippen molar-refractivity contribution in [2.45, 2.75) is 0 Å². The van der Waals surface area contributed by atoms with Crippen LogP contribution >= 0.6 is 0 Å². The second-order valence-electron chi connectivity index (χ2n) is 17.2. The van der Waals surface area contributed by atoms with E-state index < -0.39 is 73.7 Å². The number of pyridine rings is 1. The standard InChI is InChI=1S/C66H44GeN4O.Pt/c1-6-22-48(23-7-1)57-35-21-36-58(49-24-8-2-9-25-49)66(57)70-47-69(62-38-18-19-39-63(62)70)54-32-20-33-55(45-54)72-56-40-41-60-59-34-16-17-37-61(59)71(64(60)46-56)65-44-53(42-43-68-65)67(50-26-10-3-11-27-50,51-28-12-4-13-29-51)52-30-14-5-15-31-52;/h1-44H;/q-2;/i1D,2D,6D,7D,8D,9D,22D,23D,24D,25D;. The molecule has 10 aromatic carbocycles. The normalized spacial score (nSPS) is 13.4. The number of benzene rings is 10. The van der Waals surface area contributed by atoms with E-state index in [0.29, 0.717) is 28.2 Å². The zero-order valence-electron chi connectivity index (χ0n) is 48.6. The Labute approximate surface area is 455 Å². The molecular weight excluding hydrogens is 1130 g/mol. The Morgan fingerprint density at radius 1 is 0.493 bits per heavy atom. The summed E-state index contributed by atoms with van der Waals surface area (Å²) in [5.41, 5.74) is 3.48. The van der Waals surface area contributed by atoms with Crippen LogP contribution in [0.1, 0.15) is 13.7 Å². The van der Waals surface area contributed by atoms with Crippen molar-refractivity contribution in [1.29, 1.82) is 0 Å². The summed E-state index contributed by atoms with van der Waals surface area (Å²) in [6, 6.07) is 68.3. The Kier molecular flexibility index (Phi) is 9.63. The summed E-state index contributed by atoms with van der Waals surface area (Å²) in [5, 5.41) is 1.98. The van der Waals surface area contributed by atoms with Gasteiger partial charge in [-0.2, -0.15) is 0 Å². The first-order chi connectivity index (χ1) is 39.9. The molecule has 0 radical (unpaired) electrons. The van der Waals surface area contributed by atoms with Gasteiger partial charge in [0.1, 0.15) is 0 Å². The van der Waals surface area contributed by atoms with Gasteiger partial charge in [-0.1, -0.05) is 103 Å². The predicted octanol–water partition coefficient (Wildman–Crippen LogP) is 12.3. The average Bonchev–Trinajstić information content (AvgIpc) is 4.20. The number of imidazole rings is 1. The van der Waals surface area contributed by atoms with Gasteiger partial charge in [-0.15, -0.1) is 0 Å². The fourth-order valence-electron chi connectivity index (χ4n) is 10.1. The van der Waals surface area contributed by atoms with Gasteiger partial charge in [0.05, 0.1) is 30.4 Å². The summed E-state index contributed by atoms with van der Waals surface area (Å²) in [4.78, 5) is 5.10. The van der Waals surface area contributed by atoms with Crippen molar-refractivity contribution in [2.24, 2.45) is 0 Å². The molecule has 0 bridgehead atoms. The molecule has 0 saturated carbocycles. The van der Waals surface area contributed by atoms with E-state index in [1.54, 1.807) is 33.4 Å². The van der Waals surface area contributed by atoms with Crippen LogP contribution in [-0.4, -0.2) is 27.4 Å². The van der Waals surface area contributed by atoms with Gasteiger partial charge < -0.3 is 0 Å². The summed E-state index contributed by atoms with van der Waals surface area (Å²) in [6.07, 6.45) is 5.34. The Morgan fingerprint density at radius 3 is 1.70 bits per heavy atom. The third-order valence-electron chi connectivity index (χ3n) is 13.2. The molecule has 3 heterocycles. The van der Waals surface area contributed by atoms with Crippen LogP contribution in [0.25, 0.3) is 72.3 Å². The van der Waals surface area contributed by atoms with Crippen LogP contribution in [0.2, 0.25) is 0 Å². The number of nitrogens with zero attached hydrogens (tertiary/aromatic N) is 4. The van der Waals surface area contributed by atoms with E-state index in [4.69, 9.17) is 23.4 Å². The number of hydrogen-bond donors (Lipinski definition) is 0. The summed E-state index contributed by atoms with van der Waals surface area (Å²) in [5.74, 6) is 1.49. The first-order valence-electron chi connectivity index (χ1n) is 28.4. The third-order valence-corrected chi connectivity index (χ3v) is 23.2. The Morgan fingerprint density at radius 2 is 1.05 bits per heavy atom. The molecule has 0 spiro atoms. The molecule has 0 N–H and O–H groups in total. The number of hydrogen-bond acceptors (Lipinski definition) is 2. The Hall–Kier alpha value is -8.35. The molecule has 0 fully saturated rings. The second-order valence-corrected chi connectivity index (χ2v) is 25.1. The van der Waals surface area contributed by atoms with Crippen LogP contribution in [0.5, 0.6) is 11.5 Å².